The minimum absolute atomic E-state index is 0.401. The van der Waals surface area contributed by atoms with Gasteiger partial charge in [0.1, 0.15) is 0 Å². The van der Waals surface area contributed by atoms with Gasteiger partial charge in [0.05, 0.1) is 0 Å². The van der Waals surface area contributed by atoms with Crippen molar-refractivity contribution >= 4 is 11.8 Å². The molecule has 0 spiro atoms. The molecule has 0 aromatic rings. The van der Waals surface area contributed by atoms with Gasteiger partial charge in [-0.25, -0.2) is 0 Å². The van der Waals surface area contributed by atoms with E-state index in [4.69, 9.17) is 5.84 Å². The highest BCUT2D eigenvalue weighted by Crippen LogP contribution is 2.30. The molecule has 1 unspecified atom stereocenters. The lowest BCUT2D eigenvalue weighted by molar-refractivity contribution is 0.573. The number of rotatable bonds is 6. The molecule has 0 aliphatic heterocycles. The Kier molecular flexibility index (Phi) is 5.60. The van der Waals surface area contributed by atoms with E-state index in [1.165, 1.54) is 31.3 Å². The molecule has 1 aliphatic rings. The van der Waals surface area contributed by atoms with Gasteiger partial charge >= 0.3 is 0 Å². The van der Waals surface area contributed by atoms with E-state index in [9.17, 15) is 0 Å². The number of hydrogen-bond acceptors (Lipinski definition) is 3. The molecule has 0 saturated heterocycles. The van der Waals surface area contributed by atoms with E-state index in [1.807, 2.05) is 0 Å². The second kappa shape index (κ2) is 6.49. The molecule has 1 atom stereocenters. The normalized spacial score (nSPS) is 19.9. The van der Waals surface area contributed by atoms with Crippen LogP contribution in [0.5, 0.6) is 0 Å². The van der Waals surface area contributed by atoms with Gasteiger partial charge in [-0.05, 0) is 26.2 Å². The van der Waals surface area contributed by atoms with Crippen LogP contribution in [0.15, 0.2) is 12.2 Å². The Hall–Kier alpha value is 0.01000. The van der Waals surface area contributed by atoms with Crippen LogP contribution in [0.1, 0.15) is 39.0 Å². The third-order valence-electron chi connectivity index (χ3n) is 2.67. The number of hydrogen-bond donors (Lipinski definition) is 2. The van der Waals surface area contributed by atoms with E-state index in [0.29, 0.717) is 6.04 Å². The monoisotopic (exact) mass is 214 g/mol. The molecule has 14 heavy (non-hydrogen) atoms. The summed E-state index contributed by atoms with van der Waals surface area (Å²) in [5, 5.41) is 0.885. The maximum Gasteiger partial charge on any atom is 0.0338 e. The van der Waals surface area contributed by atoms with Gasteiger partial charge in [0.25, 0.3) is 0 Å². The third kappa shape index (κ3) is 4.49. The van der Waals surface area contributed by atoms with Crippen molar-refractivity contribution in [2.75, 3.05) is 5.75 Å². The minimum Gasteiger partial charge on any atom is -0.271 e. The number of thioether (sulfide) groups is 1. The van der Waals surface area contributed by atoms with Crippen LogP contribution in [0.3, 0.4) is 0 Å². The summed E-state index contributed by atoms with van der Waals surface area (Å²) >= 11 is 2.08. The highest BCUT2D eigenvalue weighted by molar-refractivity contribution is 7.99. The van der Waals surface area contributed by atoms with E-state index in [-0.39, 0.29) is 0 Å². The van der Waals surface area contributed by atoms with Gasteiger partial charge in [-0.1, -0.05) is 18.4 Å². The van der Waals surface area contributed by atoms with Crippen LogP contribution in [0.25, 0.3) is 0 Å². The van der Waals surface area contributed by atoms with Gasteiger partial charge in [-0.15, -0.1) is 6.58 Å². The molecule has 0 aromatic carbocycles. The van der Waals surface area contributed by atoms with Gasteiger partial charge in [-0.2, -0.15) is 11.8 Å². The van der Waals surface area contributed by atoms with Crippen LogP contribution in [0.4, 0.5) is 0 Å². The van der Waals surface area contributed by atoms with Crippen molar-refractivity contribution in [2.45, 2.75) is 50.3 Å². The molecule has 3 heteroatoms. The SMILES string of the molecule is C=C(C)CC(CSC1CCCC1)NN. The van der Waals surface area contributed by atoms with Crippen molar-refractivity contribution < 1.29 is 0 Å². The first kappa shape index (κ1) is 12.1. The molecule has 1 saturated carbocycles. The molecule has 2 nitrogen and oxygen atoms in total. The minimum atomic E-state index is 0.401. The zero-order chi connectivity index (χ0) is 10.4. The van der Waals surface area contributed by atoms with E-state index in [0.717, 1.165) is 17.4 Å². The van der Waals surface area contributed by atoms with Crippen molar-refractivity contribution in [1.82, 2.24) is 5.43 Å². The number of nitrogens with two attached hydrogens (primary N) is 1. The maximum absolute atomic E-state index is 5.50. The van der Waals surface area contributed by atoms with Crippen LogP contribution in [-0.4, -0.2) is 17.0 Å². The fourth-order valence-electron chi connectivity index (χ4n) is 1.89. The van der Waals surface area contributed by atoms with Gasteiger partial charge in [0.2, 0.25) is 0 Å². The van der Waals surface area contributed by atoms with Crippen molar-refractivity contribution in [1.29, 1.82) is 0 Å². The number of hydrazine groups is 1. The average molecular weight is 214 g/mol. The topological polar surface area (TPSA) is 38.0 Å². The molecule has 0 heterocycles. The maximum atomic E-state index is 5.50. The van der Waals surface area contributed by atoms with E-state index >= 15 is 0 Å². The molecule has 0 aromatic heterocycles. The molecule has 1 rings (SSSR count). The summed E-state index contributed by atoms with van der Waals surface area (Å²) in [7, 11) is 0. The van der Waals surface area contributed by atoms with Gasteiger partial charge in [0.15, 0.2) is 0 Å². The van der Waals surface area contributed by atoms with Crippen LogP contribution in [-0.2, 0) is 0 Å². The second-order valence-electron chi connectivity index (χ2n) is 4.26. The molecule has 1 aliphatic carbocycles. The molecular weight excluding hydrogens is 192 g/mol. The molecule has 0 amide bonds. The van der Waals surface area contributed by atoms with Crippen LogP contribution in [0, 0.1) is 0 Å². The smallest absolute Gasteiger partial charge is 0.0338 e. The highest BCUT2D eigenvalue weighted by atomic mass is 32.2. The van der Waals surface area contributed by atoms with Crippen molar-refractivity contribution in [2.24, 2.45) is 5.84 Å². The summed E-state index contributed by atoms with van der Waals surface area (Å²) in [4.78, 5) is 0. The average Bonchev–Trinajstić information content (AvgIpc) is 2.64. The Labute approximate surface area is 91.7 Å². The molecule has 3 N–H and O–H groups in total. The molecule has 0 bridgehead atoms. The fraction of sp³-hybridized carbons (Fsp3) is 0.818. The summed E-state index contributed by atoms with van der Waals surface area (Å²) in [6.45, 7) is 5.98. The largest absolute Gasteiger partial charge is 0.271 e. The van der Waals surface area contributed by atoms with E-state index < -0.39 is 0 Å². The predicted octanol–water partition coefficient (Wildman–Crippen LogP) is 2.46. The van der Waals surface area contributed by atoms with Crippen LogP contribution >= 0.6 is 11.8 Å². The lowest BCUT2D eigenvalue weighted by Gasteiger charge is -2.17. The Balaban J connectivity index is 2.15. The van der Waals surface area contributed by atoms with Crippen LogP contribution < -0.4 is 11.3 Å². The first-order valence-electron chi connectivity index (χ1n) is 5.44. The molecule has 1 fully saturated rings. The zero-order valence-electron chi connectivity index (χ0n) is 9.09. The third-order valence-corrected chi connectivity index (χ3v) is 4.20. The molecular formula is C11H22N2S. The van der Waals surface area contributed by atoms with Crippen molar-refractivity contribution in [3.63, 3.8) is 0 Å². The van der Waals surface area contributed by atoms with Gasteiger partial charge < -0.3 is 0 Å². The summed E-state index contributed by atoms with van der Waals surface area (Å²) in [5.74, 6) is 6.62. The first-order chi connectivity index (χ1) is 6.72. The van der Waals surface area contributed by atoms with Gasteiger partial charge in [0, 0.05) is 17.0 Å². The summed E-state index contributed by atoms with van der Waals surface area (Å²) in [6.07, 6.45) is 6.62. The standard InChI is InChI=1S/C11H22N2S/c1-9(2)7-10(13-12)8-14-11-5-3-4-6-11/h10-11,13H,1,3-8,12H2,2H3. The lowest BCUT2D eigenvalue weighted by Crippen LogP contribution is -2.37. The first-order valence-corrected chi connectivity index (χ1v) is 6.49. The van der Waals surface area contributed by atoms with Crippen molar-refractivity contribution in [3.8, 4) is 0 Å². The Morgan fingerprint density at radius 1 is 1.57 bits per heavy atom. The quantitative estimate of drug-likeness (QED) is 0.405. The zero-order valence-corrected chi connectivity index (χ0v) is 9.91. The second-order valence-corrected chi connectivity index (χ2v) is 5.60. The lowest BCUT2D eigenvalue weighted by atomic mass is 10.1. The highest BCUT2D eigenvalue weighted by Gasteiger charge is 2.17. The predicted molar refractivity (Wildman–Crippen MR) is 65.3 cm³/mol. The Bertz CT molecular complexity index is 176. The Morgan fingerprint density at radius 3 is 2.71 bits per heavy atom. The summed E-state index contributed by atoms with van der Waals surface area (Å²) in [6, 6.07) is 0.401. The summed E-state index contributed by atoms with van der Waals surface area (Å²) < 4.78 is 0. The summed E-state index contributed by atoms with van der Waals surface area (Å²) in [5.41, 5.74) is 4.08. The van der Waals surface area contributed by atoms with Crippen molar-refractivity contribution in [3.05, 3.63) is 12.2 Å². The van der Waals surface area contributed by atoms with Crippen LogP contribution in [0.2, 0.25) is 0 Å². The molecule has 82 valence electrons. The number of nitrogens with one attached hydrogen (secondary N) is 1. The van der Waals surface area contributed by atoms with Gasteiger partial charge in [-0.3, -0.25) is 11.3 Å². The fourth-order valence-corrected chi connectivity index (χ4v) is 3.28. The van der Waals surface area contributed by atoms with E-state index in [1.54, 1.807) is 0 Å². The molecule has 0 radical (unpaired) electrons. The van der Waals surface area contributed by atoms with E-state index in [2.05, 4.69) is 30.7 Å². The Morgan fingerprint density at radius 2 is 2.21 bits per heavy atom.